The first-order valence-corrected chi connectivity index (χ1v) is 4.87. The average Bonchev–Trinajstić information content (AvgIpc) is 2.21. The maximum absolute atomic E-state index is 5.31. The predicted octanol–water partition coefficient (Wildman–Crippen LogP) is 1.86. The molecule has 4 heteroatoms. The molecule has 0 saturated carbocycles. The molecule has 0 aliphatic rings. The lowest BCUT2D eigenvalue weighted by Gasteiger charge is -1.98. The van der Waals surface area contributed by atoms with Crippen molar-refractivity contribution in [2.24, 2.45) is 0 Å². The topological polar surface area (TPSA) is 27.7 Å². The van der Waals surface area contributed by atoms with Crippen LogP contribution in [0.3, 0.4) is 0 Å². The van der Waals surface area contributed by atoms with Crippen LogP contribution in [0, 0.1) is 0 Å². The smallest absolute Gasteiger partial charge is 0.112 e. The van der Waals surface area contributed by atoms with Gasteiger partial charge in [0.25, 0.3) is 0 Å². The lowest BCUT2D eigenvalue weighted by molar-refractivity contribution is 0.220. The fourth-order valence-corrected chi connectivity index (χ4v) is 1.42. The van der Waals surface area contributed by atoms with Crippen molar-refractivity contribution in [3.63, 3.8) is 0 Å². The lowest BCUT2D eigenvalue weighted by atomic mass is 10.2. The van der Waals surface area contributed by atoms with Crippen LogP contribution in [-0.2, 0) is 30.9 Å². The summed E-state index contributed by atoms with van der Waals surface area (Å²) in [4.78, 5) is 0. The number of rotatable bonds is 5. The zero-order valence-corrected chi connectivity index (χ0v) is 8.54. The Labute approximate surface area is 81.6 Å². The van der Waals surface area contributed by atoms with E-state index in [1.54, 1.807) is 14.2 Å². The predicted molar refractivity (Wildman–Crippen MR) is 52.6 cm³/mol. The van der Waals surface area contributed by atoms with Gasteiger partial charge in [0.15, 0.2) is 0 Å². The first-order valence-electron chi connectivity index (χ1n) is 3.87. The Morgan fingerprint density at radius 2 is 1.69 bits per heavy atom. The molecule has 1 aromatic rings. The molecule has 1 rings (SSSR count). The van der Waals surface area contributed by atoms with Crippen molar-refractivity contribution in [1.82, 2.24) is 0 Å². The molecule has 0 fully saturated rings. The molecule has 0 aliphatic heterocycles. The third-order valence-electron chi connectivity index (χ3n) is 1.44. The maximum atomic E-state index is 5.31. The zero-order chi connectivity index (χ0) is 9.52. The van der Waals surface area contributed by atoms with Crippen LogP contribution in [0.1, 0.15) is 5.56 Å². The highest BCUT2D eigenvalue weighted by Gasteiger charge is 2.22. The third-order valence-corrected chi connectivity index (χ3v) is 2.29. The first-order chi connectivity index (χ1) is 6.36. The highest BCUT2D eigenvalue weighted by molar-refractivity contribution is 7.82. The summed E-state index contributed by atoms with van der Waals surface area (Å²) >= 11 is -0.839. The average molecular weight is 201 g/mol. The second-order valence-electron chi connectivity index (χ2n) is 2.29. The highest BCUT2D eigenvalue weighted by Crippen LogP contribution is 2.06. The Kier molecular flexibility index (Phi) is 4.85. The quantitative estimate of drug-likeness (QED) is 0.680. The van der Waals surface area contributed by atoms with Crippen LogP contribution in [0.2, 0.25) is 0 Å². The molecule has 0 unspecified atom stereocenters. The fourth-order valence-electron chi connectivity index (χ4n) is 0.855. The van der Waals surface area contributed by atoms with Crippen molar-refractivity contribution in [2.75, 3.05) is 14.2 Å². The summed E-state index contributed by atoms with van der Waals surface area (Å²) in [7, 11) is 3.11. The Hall–Kier alpha value is -0.550. The zero-order valence-electron chi connectivity index (χ0n) is 7.73. The Bertz CT molecular complexity index is 224. The minimum atomic E-state index is -0.839. The van der Waals surface area contributed by atoms with Crippen LogP contribution in [0.25, 0.3) is 0 Å². The number of benzene rings is 1. The monoisotopic (exact) mass is 201 g/mol. The van der Waals surface area contributed by atoms with Gasteiger partial charge < -0.3 is 0 Å². The fraction of sp³-hybridized carbons (Fsp3) is 0.333. The van der Waals surface area contributed by atoms with Crippen LogP contribution >= 0.6 is 0 Å². The first kappa shape index (κ1) is 10.5. The van der Waals surface area contributed by atoms with E-state index in [1.165, 1.54) is 0 Å². The van der Waals surface area contributed by atoms with Gasteiger partial charge in [-0.25, -0.2) is 0 Å². The minimum absolute atomic E-state index is 0.506. The van der Waals surface area contributed by atoms with Crippen molar-refractivity contribution in [3.8, 4) is 0 Å². The van der Waals surface area contributed by atoms with Crippen molar-refractivity contribution in [3.05, 3.63) is 35.9 Å². The molecule has 0 radical (unpaired) electrons. The molecular weight excluding hydrogens is 188 g/mol. The molecule has 0 amide bonds. The van der Waals surface area contributed by atoms with Crippen molar-refractivity contribution >= 4 is 11.7 Å². The van der Waals surface area contributed by atoms with Crippen LogP contribution < -0.4 is 0 Å². The van der Waals surface area contributed by atoms with Crippen molar-refractivity contribution < 1.29 is 12.5 Å². The van der Waals surface area contributed by atoms with Gasteiger partial charge in [0.2, 0.25) is 0 Å². The SMILES string of the molecule is CO[S+](OC)OCc1ccccc1. The Morgan fingerprint density at radius 1 is 1.08 bits per heavy atom. The van der Waals surface area contributed by atoms with Crippen LogP contribution in [0.5, 0.6) is 0 Å². The summed E-state index contributed by atoms with van der Waals surface area (Å²) < 4.78 is 15.1. The summed E-state index contributed by atoms with van der Waals surface area (Å²) in [5, 5.41) is 0. The number of hydrogen-bond acceptors (Lipinski definition) is 3. The van der Waals surface area contributed by atoms with Gasteiger partial charge in [0.05, 0.1) is 14.2 Å². The summed E-state index contributed by atoms with van der Waals surface area (Å²) in [6.45, 7) is 0.506. The van der Waals surface area contributed by atoms with Gasteiger partial charge in [0.1, 0.15) is 6.61 Å². The molecule has 0 spiro atoms. The van der Waals surface area contributed by atoms with E-state index >= 15 is 0 Å². The minimum Gasteiger partial charge on any atom is -0.112 e. The molecular formula is C9H13O3S+. The van der Waals surface area contributed by atoms with Gasteiger partial charge in [-0.15, -0.1) is 12.5 Å². The second-order valence-corrected chi connectivity index (χ2v) is 3.60. The summed E-state index contributed by atoms with van der Waals surface area (Å²) in [5.41, 5.74) is 1.11. The summed E-state index contributed by atoms with van der Waals surface area (Å²) in [6, 6.07) is 9.89. The van der Waals surface area contributed by atoms with E-state index in [0.29, 0.717) is 6.61 Å². The van der Waals surface area contributed by atoms with Gasteiger partial charge in [-0.1, -0.05) is 30.3 Å². The van der Waals surface area contributed by atoms with E-state index in [4.69, 9.17) is 12.5 Å². The lowest BCUT2D eigenvalue weighted by Crippen LogP contribution is -2.10. The Balaban J connectivity index is 2.34. The molecule has 0 bridgehead atoms. The van der Waals surface area contributed by atoms with Crippen LogP contribution in [-0.4, -0.2) is 14.2 Å². The van der Waals surface area contributed by atoms with Gasteiger partial charge in [0, 0.05) is 0 Å². The van der Waals surface area contributed by atoms with Crippen LogP contribution in [0.15, 0.2) is 30.3 Å². The molecule has 0 aliphatic carbocycles. The van der Waals surface area contributed by atoms with E-state index in [1.807, 2.05) is 30.3 Å². The third kappa shape index (κ3) is 3.78. The Morgan fingerprint density at radius 3 is 2.23 bits per heavy atom. The van der Waals surface area contributed by atoms with Gasteiger partial charge in [-0.2, -0.15) is 0 Å². The molecule has 13 heavy (non-hydrogen) atoms. The molecule has 3 nitrogen and oxygen atoms in total. The second kappa shape index (κ2) is 5.99. The van der Waals surface area contributed by atoms with Crippen molar-refractivity contribution in [1.29, 1.82) is 0 Å². The number of hydrogen-bond donors (Lipinski definition) is 0. The van der Waals surface area contributed by atoms with Gasteiger partial charge >= 0.3 is 11.7 Å². The highest BCUT2D eigenvalue weighted by atomic mass is 32.3. The molecule has 72 valence electrons. The largest absolute Gasteiger partial charge is 0.507 e. The van der Waals surface area contributed by atoms with Gasteiger partial charge in [-0.3, -0.25) is 0 Å². The molecule has 0 saturated heterocycles. The van der Waals surface area contributed by atoms with E-state index < -0.39 is 11.7 Å². The van der Waals surface area contributed by atoms with E-state index in [2.05, 4.69) is 0 Å². The maximum Gasteiger partial charge on any atom is 0.507 e. The molecule has 0 atom stereocenters. The molecule has 0 N–H and O–H groups in total. The van der Waals surface area contributed by atoms with E-state index in [-0.39, 0.29) is 0 Å². The van der Waals surface area contributed by atoms with Crippen molar-refractivity contribution in [2.45, 2.75) is 6.61 Å². The molecule has 1 aromatic carbocycles. The molecule has 0 heterocycles. The van der Waals surface area contributed by atoms with Crippen LogP contribution in [0.4, 0.5) is 0 Å². The van der Waals surface area contributed by atoms with E-state index in [9.17, 15) is 0 Å². The van der Waals surface area contributed by atoms with E-state index in [0.717, 1.165) is 5.56 Å². The summed E-state index contributed by atoms with van der Waals surface area (Å²) in [5.74, 6) is 0. The van der Waals surface area contributed by atoms with Gasteiger partial charge in [-0.05, 0) is 5.56 Å². The summed E-state index contributed by atoms with van der Waals surface area (Å²) in [6.07, 6.45) is 0. The standard InChI is InChI=1S/C9H13O3S/c1-10-13(11-2)12-8-9-6-4-3-5-7-9/h3-7H,8H2,1-2H3/q+1. The normalized spacial score (nSPS) is 10.7. The molecule has 0 aromatic heterocycles.